The van der Waals surface area contributed by atoms with Gasteiger partial charge < -0.3 is 10.1 Å². The van der Waals surface area contributed by atoms with Crippen molar-refractivity contribution in [2.24, 2.45) is 0 Å². The number of rotatable bonds is 2. The smallest absolute Gasteiger partial charge is 0.270 e. The number of aromatic amines is 1. The minimum atomic E-state index is -0.559. The van der Waals surface area contributed by atoms with Crippen molar-refractivity contribution in [3.8, 4) is 23.1 Å². The van der Waals surface area contributed by atoms with Crippen molar-refractivity contribution in [3.63, 3.8) is 0 Å². The van der Waals surface area contributed by atoms with Gasteiger partial charge in [-0.2, -0.15) is 5.26 Å². The molecule has 1 heterocycles. The normalized spacial score (nSPS) is 10.2. The van der Waals surface area contributed by atoms with Gasteiger partial charge in [-0.3, -0.25) is 4.79 Å². The highest BCUT2D eigenvalue weighted by Gasteiger charge is 2.18. The second-order valence-electron chi connectivity index (χ2n) is 3.54. The zero-order valence-electron chi connectivity index (χ0n) is 9.77. The highest BCUT2D eigenvalue weighted by molar-refractivity contribution is 7.98. The highest BCUT2D eigenvalue weighted by Crippen LogP contribution is 2.35. The van der Waals surface area contributed by atoms with Gasteiger partial charge in [-0.1, -0.05) is 29.4 Å². The Morgan fingerprint density at radius 3 is 2.84 bits per heavy atom. The Hall–Kier alpha value is -1.97. The summed E-state index contributed by atoms with van der Waals surface area (Å²) in [4.78, 5) is 18.4. The number of H-pyrrole nitrogens is 1. The molecular formula is C12H8ClN3O2S. The van der Waals surface area contributed by atoms with Gasteiger partial charge in [0.2, 0.25) is 0 Å². The van der Waals surface area contributed by atoms with E-state index < -0.39 is 5.56 Å². The van der Waals surface area contributed by atoms with Crippen LogP contribution < -0.4 is 5.56 Å². The molecule has 0 aliphatic carbocycles. The van der Waals surface area contributed by atoms with E-state index in [1.54, 1.807) is 24.5 Å². The van der Waals surface area contributed by atoms with Crippen molar-refractivity contribution in [1.82, 2.24) is 9.97 Å². The van der Waals surface area contributed by atoms with Crippen LogP contribution in [0.5, 0.6) is 5.75 Å². The van der Waals surface area contributed by atoms with Crippen molar-refractivity contribution in [2.75, 3.05) is 6.26 Å². The first-order valence-electron chi connectivity index (χ1n) is 5.14. The number of thioether (sulfide) groups is 1. The summed E-state index contributed by atoms with van der Waals surface area (Å²) in [6, 6.07) is 6.32. The Labute approximate surface area is 117 Å². The van der Waals surface area contributed by atoms with Crippen LogP contribution in [0, 0.1) is 11.3 Å². The molecule has 0 aliphatic rings. The molecule has 2 N–H and O–H groups in total. The van der Waals surface area contributed by atoms with E-state index >= 15 is 0 Å². The quantitative estimate of drug-likeness (QED) is 0.655. The summed E-state index contributed by atoms with van der Waals surface area (Å²) >= 11 is 7.23. The minimum Gasteiger partial charge on any atom is -0.507 e. The van der Waals surface area contributed by atoms with Gasteiger partial charge in [0.15, 0.2) is 5.16 Å². The van der Waals surface area contributed by atoms with Gasteiger partial charge in [0.25, 0.3) is 5.56 Å². The van der Waals surface area contributed by atoms with E-state index in [4.69, 9.17) is 16.9 Å². The number of phenols is 1. The molecule has 0 atom stereocenters. The van der Waals surface area contributed by atoms with Gasteiger partial charge in [-0.05, 0) is 18.4 Å². The van der Waals surface area contributed by atoms with E-state index in [2.05, 4.69) is 9.97 Å². The summed E-state index contributed by atoms with van der Waals surface area (Å²) < 4.78 is 0. The summed E-state index contributed by atoms with van der Waals surface area (Å²) in [6.07, 6.45) is 1.74. The average Bonchev–Trinajstić information content (AvgIpc) is 2.38. The molecule has 2 aromatic rings. The Bertz CT molecular complexity index is 716. The van der Waals surface area contributed by atoms with E-state index in [9.17, 15) is 9.90 Å². The van der Waals surface area contributed by atoms with E-state index in [0.717, 1.165) is 0 Å². The van der Waals surface area contributed by atoms with Crippen LogP contribution in [0.15, 0.2) is 28.2 Å². The maximum atomic E-state index is 11.8. The number of aromatic nitrogens is 2. The average molecular weight is 294 g/mol. The Morgan fingerprint density at radius 1 is 1.53 bits per heavy atom. The fourth-order valence-electron chi connectivity index (χ4n) is 1.58. The standard InChI is InChI=1S/C12H8ClN3O2S/c1-19-12-15-10(6(5-14)11(18)16-12)9-7(13)3-2-4-8(9)17/h2-4,17H,1H3,(H,15,16,18). The topological polar surface area (TPSA) is 89.8 Å². The summed E-state index contributed by atoms with van der Waals surface area (Å²) in [7, 11) is 0. The first kappa shape index (κ1) is 13.5. The SMILES string of the molecule is CSc1nc(-c2c(O)cccc2Cl)c(C#N)c(=O)[nH]1. The summed E-state index contributed by atoms with van der Waals surface area (Å²) in [6.45, 7) is 0. The van der Waals surface area contributed by atoms with Gasteiger partial charge in [-0.15, -0.1) is 0 Å². The summed E-state index contributed by atoms with van der Waals surface area (Å²) in [5, 5.41) is 19.5. The van der Waals surface area contributed by atoms with E-state index in [0.29, 0.717) is 5.16 Å². The number of hydrogen-bond acceptors (Lipinski definition) is 5. The van der Waals surface area contributed by atoms with Gasteiger partial charge in [0, 0.05) is 0 Å². The molecule has 0 saturated carbocycles. The predicted molar refractivity (Wildman–Crippen MR) is 73.5 cm³/mol. The fourth-order valence-corrected chi connectivity index (χ4v) is 2.22. The van der Waals surface area contributed by atoms with Crippen molar-refractivity contribution < 1.29 is 5.11 Å². The van der Waals surface area contributed by atoms with Crippen LogP contribution in [0.25, 0.3) is 11.3 Å². The Morgan fingerprint density at radius 2 is 2.26 bits per heavy atom. The van der Waals surface area contributed by atoms with Crippen LogP contribution >= 0.6 is 23.4 Å². The molecule has 0 bridgehead atoms. The lowest BCUT2D eigenvalue weighted by molar-refractivity contribution is 0.477. The third-order valence-electron chi connectivity index (χ3n) is 2.43. The van der Waals surface area contributed by atoms with Crippen LogP contribution in [0.2, 0.25) is 5.02 Å². The monoisotopic (exact) mass is 293 g/mol. The molecule has 0 radical (unpaired) electrons. The molecule has 2 rings (SSSR count). The zero-order valence-corrected chi connectivity index (χ0v) is 11.3. The first-order valence-corrected chi connectivity index (χ1v) is 6.75. The second-order valence-corrected chi connectivity index (χ2v) is 4.75. The highest BCUT2D eigenvalue weighted by atomic mass is 35.5. The van der Waals surface area contributed by atoms with Crippen LogP contribution in [-0.4, -0.2) is 21.3 Å². The largest absolute Gasteiger partial charge is 0.507 e. The van der Waals surface area contributed by atoms with Crippen molar-refractivity contribution in [1.29, 1.82) is 5.26 Å². The summed E-state index contributed by atoms with van der Waals surface area (Å²) in [5.41, 5.74) is -0.474. The minimum absolute atomic E-state index is 0.0821. The molecule has 96 valence electrons. The molecule has 0 amide bonds. The molecule has 0 fully saturated rings. The maximum Gasteiger partial charge on any atom is 0.270 e. The Kier molecular flexibility index (Phi) is 3.79. The number of halogens is 1. The third-order valence-corrected chi connectivity index (χ3v) is 3.33. The van der Waals surface area contributed by atoms with Gasteiger partial charge in [0.1, 0.15) is 23.1 Å². The van der Waals surface area contributed by atoms with Crippen LogP contribution in [0.4, 0.5) is 0 Å². The number of nitriles is 1. The molecule has 7 heteroatoms. The molecule has 0 spiro atoms. The lowest BCUT2D eigenvalue weighted by Gasteiger charge is -2.08. The van der Waals surface area contributed by atoms with Crippen LogP contribution in [0.1, 0.15) is 5.56 Å². The second kappa shape index (κ2) is 5.34. The molecule has 5 nitrogen and oxygen atoms in total. The number of benzene rings is 1. The maximum absolute atomic E-state index is 11.8. The molecule has 0 aliphatic heterocycles. The number of nitrogens with one attached hydrogen (secondary N) is 1. The third kappa shape index (κ3) is 2.43. The van der Waals surface area contributed by atoms with Crippen LogP contribution in [-0.2, 0) is 0 Å². The summed E-state index contributed by atoms with van der Waals surface area (Å²) in [5.74, 6) is -0.130. The Balaban J connectivity index is 2.86. The van der Waals surface area contributed by atoms with E-state index in [-0.39, 0.29) is 27.6 Å². The predicted octanol–water partition coefficient (Wildman–Crippen LogP) is 2.39. The lowest BCUT2D eigenvalue weighted by Crippen LogP contribution is -2.14. The lowest BCUT2D eigenvalue weighted by atomic mass is 10.1. The first-order chi connectivity index (χ1) is 9.08. The number of phenolic OH excluding ortho intramolecular Hbond substituents is 1. The van der Waals surface area contributed by atoms with Crippen molar-refractivity contribution in [3.05, 3.63) is 39.1 Å². The van der Waals surface area contributed by atoms with E-state index in [1.807, 2.05) is 0 Å². The molecular weight excluding hydrogens is 286 g/mol. The van der Waals surface area contributed by atoms with E-state index in [1.165, 1.54) is 17.8 Å². The molecule has 1 aromatic carbocycles. The van der Waals surface area contributed by atoms with Gasteiger partial charge >= 0.3 is 0 Å². The van der Waals surface area contributed by atoms with Crippen molar-refractivity contribution in [2.45, 2.75) is 5.16 Å². The van der Waals surface area contributed by atoms with Crippen molar-refractivity contribution >= 4 is 23.4 Å². The molecule has 19 heavy (non-hydrogen) atoms. The van der Waals surface area contributed by atoms with Gasteiger partial charge in [0.05, 0.1) is 10.6 Å². The van der Waals surface area contributed by atoms with Crippen LogP contribution in [0.3, 0.4) is 0 Å². The number of hydrogen-bond donors (Lipinski definition) is 2. The zero-order chi connectivity index (χ0) is 14.0. The fraction of sp³-hybridized carbons (Fsp3) is 0.0833. The molecule has 0 unspecified atom stereocenters. The number of aromatic hydroxyl groups is 1. The number of nitrogens with zero attached hydrogens (tertiary/aromatic N) is 2. The molecule has 0 saturated heterocycles. The molecule has 1 aromatic heterocycles. The van der Waals surface area contributed by atoms with Gasteiger partial charge in [-0.25, -0.2) is 4.98 Å².